The van der Waals surface area contributed by atoms with E-state index in [1.165, 1.54) is 24.3 Å². The van der Waals surface area contributed by atoms with Crippen molar-refractivity contribution in [3.63, 3.8) is 0 Å². The van der Waals surface area contributed by atoms with E-state index in [1.807, 2.05) is 0 Å². The highest BCUT2D eigenvalue weighted by atomic mass is 16.6. The first-order chi connectivity index (χ1) is 8.44. The minimum Gasteiger partial charge on any atom is -0.473 e. The molecule has 0 aliphatic heterocycles. The lowest BCUT2D eigenvalue weighted by atomic mass is 10.2. The Hall–Kier alpha value is -2.80. The van der Waals surface area contributed by atoms with Crippen molar-refractivity contribution in [3.05, 3.63) is 50.9 Å². The van der Waals surface area contributed by atoms with Crippen LogP contribution >= 0.6 is 0 Å². The maximum atomic E-state index is 11.1. The van der Waals surface area contributed by atoms with Crippen LogP contribution in [0.4, 0.5) is 5.69 Å². The number of rotatable bonds is 5. The van der Waals surface area contributed by atoms with E-state index >= 15 is 0 Å². The number of para-hydroxylation sites is 1. The average Bonchev–Trinajstić information content (AvgIpc) is 2.35. The molecule has 1 N–H and O–H groups in total. The van der Waals surface area contributed by atoms with Crippen LogP contribution in [-0.2, 0) is 4.79 Å². The first-order valence-electron chi connectivity index (χ1n) is 4.72. The minimum absolute atomic E-state index is 0.108. The summed E-state index contributed by atoms with van der Waals surface area (Å²) in [5.41, 5.74) is 5.96. The van der Waals surface area contributed by atoms with Gasteiger partial charge in [0.1, 0.15) is 5.69 Å². The Morgan fingerprint density at radius 1 is 1.56 bits per heavy atom. The van der Waals surface area contributed by atoms with Gasteiger partial charge in [0.2, 0.25) is 0 Å². The van der Waals surface area contributed by atoms with E-state index in [4.69, 9.17) is 10.6 Å². The summed E-state index contributed by atoms with van der Waals surface area (Å²) in [5.74, 6) is -1.73. The Kier molecular flexibility index (Phi) is 3.70. The minimum atomic E-state index is -2.58. The molecular formula is C9H9N5O4. The zero-order chi connectivity index (χ0) is 13.8. The molecule has 94 valence electrons. The van der Waals surface area contributed by atoms with Crippen molar-refractivity contribution in [3.8, 4) is 0 Å². The number of anilines is 1. The highest BCUT2D eigenvalue weighted by molar-refractivity contribution is 5.80. The van der Waals surface area contributed by atoms with E-state index in [0.29, 0.717) is 5.01 Å². The monoisotopic (exact) mass is 251 g/mol. The molecule has 0 aromatic heterocycles. The van der Waals surface area contributed by atoms with Gasteiger partial charge >= 0.3 is 11.6 Å². The molecule has 0 saturated heterocycles. The molecule has 1 aromatic carbocycles. The van der Waals surface area contributed by atoms with Crippen molar-refractivity contribution < 1.29 is 14.8 Å². The van der Waals surface area contributed by atoms with Gasteiger partial charge in [0.05, 0.1) is 11.8 Å². The molecule has 0 heterocycles. The Bertz CT molecular complexity index is 497. The van der Waals surface area contributed by atoms with Crippen LogP contribution in [0.3, 0.4) is 0 Å². The lowest BCUT2D eigenvalue weighted by Crippen LogP contribution is -2.56. The van der Waals surface area contributed by atoms with Crippen LogP contribution in [0.15, 0.2) is 35.6 Å². The molecule has 0 aliphatic rings. The summed E-state index contributed by atoms with van der Waals surface area (Å²) in [6, 6.07) is 7.52. The van der Waals surface area contributed by atoms with Crippen molar-refractivity contribution in [2.45, 2.75) is 12.6 Å². The SMILES string of the molecule is C[C@@](C(=O)O)(N(N=[N+]=[N-])c1ccccc1)[N+](=O)[O-]. The molecule has 0 aliphatic carbocycles. The van der Waals surface area contributed by atoms with E-state index in [0.717, 1.165) is 6.92 Å². The molecule has 18 heavy (non-hydrogen) atoms. The Morgan fingerprint density at radius 2 is 2.11 bits per heavy atom. The summed E-state index contributed by atoms with van der Waals surface area (Å²) < 4.78 is 0. The normalized spacial score (nSPS) is 12.9. The highest BCUT2D eigenvalue weighted by Crippen LogP contribution is 2.25. The molecule has 0 saturated carbocycles. The Morgan fingerprint density at radius 3 is 2.50 bits per heavy atom. The number of nitro groups is 1. The molecule has 1 rings (SSSR count). The number of carboxylic acid groups (broad SMARTS) is 1. The molecule has 1 aromatic rings. The fourth-order valence-electron chi connectivity index (χ4n) is 1.25. The number of benzene rings is 1. The van der Waals surface area contributed by atoms with Gasteiger partial charge in [-0.2, -0.15) is 4.91 Å². The van der Waals surface area contributed by atoms with Gasteiger partial charge < -0.3 is 5.11 Å². The summed E-state index contributed by atoms with van der Waals surface area (Å²) in [6.07, 6.45) is 0. The average molecular weight is 251 g/mol. The lowest BCUT2D eigenvalue weighted by molar-refractivity contribution is -0.549. The van der Waals surface area contributed by atoms with Crippen LogP contribution in [0, 0.1) is 10.1 Å². The quantitative estimate of drug-likeness (QED) is 0.213. The second kappa shape index (κ2) is 5.02. The number of hydrogen-bond acceptors (Lipinski definition) is 4. The molecule has 9 nitrogen and oxygen atoms in total. The first kappa shape index (κ1) is 13.3. The van der Waals surface area contributed by atoms with E-state index < -0.39 is 16.6 Å². The van der Waals surface area contributed by atoms with Crippen LogP contribution in [0.2, 0.25) is 0 Å². The number of carboxylic acids is 1. The van der Waals surface area contributed by atoms with E-state index in [1.54, 1.807) is 6.07 Å². The van der Waals surface area contributed by atoms with Gasteiger partial charge in [0.25, 0.3) is 0 Å². The molecule has 0 fully saturated rings. The lowest BCUT2D eigenvalue weighted by Gasteiger charge is -2.22. The second-order valence-electron chi connectivity index (χ2n) is 3.41. The van der Waals surface area contributed by atoms with Gasteiger partial charge in [-0.05, 0) is 17.4 Å². The standard InChI is InChI=1S/C9H9N5O4/c1-9(8(15)16,14(17)18)13(12-11-10)7-5-3-2-4-6-7/h2-6H,1H3,(H,15,16)/t9-/m1/s1. The topological polar surface area (TPSA) is 132 Å². The number of carbonyl (C=O) groups is 1. The molecule has 0 bridgehead atoms. The van der Waals surface area contributed by atoms with Crippen molar-refractivity contribution >= 4 is 11.7 Å². The smallest absolute Gasteiger partial charge is 0.456 e. The second-order valence-corrected chi connectivity index (χ2v) is 3.41. The van der Waals surface area contributed by atoms with E-state index in [2.05, 4.69) is 10.1 Å². The maximum absolute atomic E-state index is 11.1. The number of azide groups is 1. The fraction of sp³-hybridized carbons (Fsp3) is 0.222. The summed E-state index contributed by atoms with van der Waals surface area (Å²) in [7, 11) is 0. The number of nitrogens with zero attached hydrogens (tertiary/aromatic N) is 5. The zero-order valence-electron chi connectivity index (χ0n) is 9.29. The third kappa shape index (κ3) is 2.15. The van der Waals surface area contributed by atoms with Gasteiger partial charge in [0.15, 0.2) is 0 Å². The molecule has 0 radical (unpaired) electrons. The third-order valence-corrected chi connectivity index (χ3v) is 2.30. The number of hydrogen-bond donors (Lipinski definition) is 1. The molecule has 0 spiro atoms. The van der Waals surface area contributed by atoms with Gasteiger partial charge in [0, 0.05) is 0 Å². The summed E-state index contributed by atoms with van der Waals surface area (Å²) in [4.78, 5) is 23.4. The molecule has 1 atom stereocenters. The van der Waals surface area contributed by atoms with E-state index in [-0.39, 0.29) is 5.69 Å². The maximum Gasteiger partial charge on any atom is 0.456 e. The van der Waals surface area contributed by atoms with Gasteiger partial charge in [-0.3, -0.25) is 10.1 Å². The van der Waals surface area contributed by atoms with Crippen molar-refractivity contribution in [1.82, 2.24) is 0 Å². The zero-order valence-corrected chi connectivity index (χ0v) is 9.29. The Labute approximate surface area is 101 Å². The molecule has 0 unspecified atom stereocenters. The molecule has 9 heteroatoms. The number of aliphatic carboxylic acids is 1. The van der Waals surface area contributed by atoms with Crippen LogP contribution in [0.1, 0.15) is 6.92 Å². The third-order valence-electron chi connectivity index (χ3n) is 2.30. The van der Waals surface area contributed by atoms with Gasteiger partial charge in [-0.1, -0.05) is 18.2 Å². The molecule has 0 amide bonds. The summed E-state index contributed by atoms with van der Waals surface area (Å²) in [5, 5.41) is 23.6. The largest absolute Gasteiger partial charge is 0.473 e. The van der Waals surface area contributed by atoms with Crippen LogP contribution in [0.5, 0.6) is 0 Å². The Balaban J connectivity index is 3.40. The van der Waals surface area contributed by atoms with Crippen molar-refractivity contribution in [2.24, 2.45) is 5.22 Å². The predicted molar refractivity (Wildman–Crippen MR) is 61.1 cm³/mol. The van der Waals surface area contributed by atoms with Crippen LogP contribution in [-0.4, -0.2) is 21.7 Å². The fourth-order valence-corrected chi connectivity index (χ4v) is 1.25. The predicted octanol–water partition coefficient (Wildman–Crippen LogP) is 1.80. The van der Waals surface area contributed by atoms with Gasteiger partial charge in [-0.15, -0.1) is 10.5 Å². The first-order valence-corrected chi connectivity index (χ1v) is 4.72. The molecular weight excluding hydrogens is 242 g/mol. The highest BCUT2D eigenvalue weighted by Gasteiger charge is 2.57. The summed E-state index contributed by atoms with van der Waals surface area (Å²) in [6.45, 7) is 0.844. The van der Waals surface area contributed by atoms with Crippen molar-refractivity contribution in [2.75, 3.05) is 5.01 Å². The summed E-state index contributed by atoms with van der Waals surface area (Å²) >= 11 is 0. The van der Waals surface area contributed by atoms with Crippen LogP contribution < -0.4 is 5.01 Å². The van der Waals surface area contributed by atoms with E-state index in [9.17, 15) is 14.9 Å². The van der Waals surface area contributed by atoms with Crippen molar-refractivity contribution in [1.29, 1.82) is 0 Å². The van der Waals surface area contributed by atoms with Gasteiger partial charge in [-0.25, -0.2) is 4.79 Å². The van der Waals surface area contributed by atoms with Crippen LogP contribution in [0.25, 0.3) is 10.4 Å².